The summed E-state index contributed by atoms with van der Waals surface area (Å²) in [6.07, 6.45) is 5.51. The van der Waals surface area contributed by atoms with Crippen molar-refractivity contribution in [1.29, 1.82) is 0 Å². The number of benzene rings is 1. The van der Waals surface area contributed by atoms with Crippen molar-refractivity contribution in [3.8, 4) is 0 Å². The summed E-state index contributed by atoms with van der Waals surface area (Å²) in [7, 11) is 2.29. The lowest BCUT2D eigenvalue weighted by molar-refractivity contribution is 0.140. The Morgan fingerprint density at radius 3 is 2.45 bits per heavy atom. The molecule has 0 aliphatic heterocycles. The van der Waals surface area contributed by atoms with Gasteiger partial charge in [-0.2, -0.15) is 0 Å². The molecular weight excluding hydrogens is 244 g/mol. The fraction of sp³-hybridized carbons (Fsp3) is 0.667. The third-order valence-electron chi connectivity index (χ3n) is 4.87. The fourth-order valence-electron chi connectivity index (χ4n) is 3.58. The Hall–Kier alpha value is -1.02. The molecule has 0 saturated heterocycles. The molecule has 1 aliphatic rings. The highest BCUT2D eigenvalue weighted by molar-refractivity contribution is 5.41. The summed E-state index contributed by atoms with van der Waals surface area (Å²) in [4.78, 5) is 2.58. The zero-order chi connectivity index (χ0) is 14.8. The van der Waals surface area contributed by atoms with Gasteiger partial charge in [-0.25, -0.2) is 0 Å². The third-order valence-corrected chi connectivity index (χ3v) is 4.87. The van der Waals surface area contributed by atoms with Crippen molar-refractivity contribution in [1.82, 2.24) is 4.90 Å². The van der Waals surface area contributed by atoms with Gasteiger partial charge >= 0.3 is 0 Å². The zero-order valence-electron chi connectivity index (χ0n) is 13.5. The highest BCUT2D eigenvalue weighted by Crippen LogP contribution is 2.30. The number of hydrogen-bond donors (Lipinski definition) is 1. The van der Waals surface area contributed by atoms with Gasteiger partial charge in [-0.15, -0.1) is 0 Å². The van der Waals surface area contributed by atoms with Gasteiger partial charge in [0.1, 0.15) is 0 Å². The molecule has 0 radical (unpaired) electrons. The van der Waals surface area contributed by atoms with Crippen LogP contribution in [0, 0.1) is 5.92 Å². The van der Waals surface area contributed by atoms with E-state index in [2.05, 4.69) is 44.9 Å². The lowest BCUT2D eigenvalue weighted by atomic mass is 9.81. The van der Waals surface area contributed by atoms with E-state index in [1.165, 1.54) is 31.2 Å². The predicted molar refractivity (Wildman–Crippen MR) is 87.9 cm³/mol. The lowest BCUT2D eigenvalue weighted by Gasteiger charge is -2.39. The molecule has 0 amide bonds. The van der Waals surface area contributed by atoms with E-state index >= 15 is 0 Å². The van der Waals surface area contributed by atoms with Gasteiger partial charge in [0.25, 0.3) is 0 Å². The molecule has 2 atom stereocenters. The first-order valence-electron chi connectivity index (χ1n) is 7.95. The molecule has 0 spiro atoms. The van der Waals surface area contributed by atoms with E-state index in [0.717, 1.165) is 24.2 Å². The highest BCUT2D eigenvalue weighted by Gasteiger charge is 2.28. The second-order valence-electron chi connectivity index (χ2n) is 7.35. The Kier molecular flexibility index (Phi) is 4.74. The van der Waals surface area contributed by atoms with Gasteiger partial charge in [0.2, 0.25) is 0 Å². The van der Waals surface area contributed by atoms with Crippen LogP contribution in [0.4, 0.5) is 5.69 Å². The summed E-state index contributed by atoms with van der Waals surface area (Å²) in [5, 5.41) is 0. The van der Waals surface area contributed by atoms with E-state index in [1.807, 2.05) is 12.1 Å². The number of rotatable bonds is 4. The van der Waals surface area contributed by atoms with Crippen molar-refractivity contribution in [3.63, 3.8) is 0 Å². The van der Waals surface area contributed by atoms with Crippen LogP contribution < -0.4 is 5.73 Å². The molecule has 0 aromatic heterocycles. The topological polar surface area (TPSA) is 29.3 Å². The zero-order valence-corrected chi connectivity index (χ0v) is 13.5. The average molecular weight is 274 g/mol. The summed E-state index contributed by atoms with van der Waals surface area (Å²) < 4.78 is 0. The van der Waals surface area contributed by atoms with E-state index in [9.17, 15) is 0 Å². The molecule has 2 unspecified atom stereocenters. The largest absolute Gasteiger partial charge is 0.399 e. The number of nitrogens with two attached hydrogens (primary N) is 1. The van der Waals surface area contributed by atoms with Gasteiger partial charge < -0.3 is 10.6 Å². The first-order chi connectivity index (χ1) is 9.38. The second-order valence-corrected chi connectivity index (χ2v) is 7.35. The maximum Gasteiger partial charge on any atom is 0.0314 e. The molecule has 1 saturated carbocycles. The summed E-state index contributed by atoms with van der Waals surface area (Å²) in [6.45, 7) is 8.17. The Morgan fingerprint density at radius 1 is 1.20 bits per heavy atom. The number of nitrogen functional groups attached to an aromatic ring is 1. The molecule has 2 heteroatoms. The van der Waals surface area contributed by atoms with Crippen LogP contribution in [-0.4, -0.2) is 24.5 Å². The van der Waals surface area contributed by atoms with E-state index in [4.69, 9.17) is 5.73 Å². The van der Waals surface area contributed by atoms with Gasteiger partial charge in [-0.05, 0) is 43.5 Å². The van der Waals surface area contributed by atoms with Crippen molar-refractivity contribution in [2.24, 2.45) is 5.92 Å². The predicted octanol–water partition coefficient (Wildman–Crippen LogP) is 4.06. The summed E-state index contributed by atoms with van der Waals surface area (Å²) in [6, 6.07) is 9.13. The van der Waals surface area contributed by atoms with E-state index in [-0.39, 0.29) is 5.41 Å². The van der Waals surface area contributed by atoms with Gasteiger partial charge in [-0.3, -0.25) is 0 Å². The minimum absolute atomic E-state index is 0.170. The summed E-state index contributed by atoms with van der Waals surface area (Å²) in [5.41, 5.74) is 8.19. The maximum absolute atomic E-state index is 5.79. The lowest BCUT2D eigenvalue weighted by Crippen LogP contribution is -2.42. The molecule has 1 aliphatic carbocycles. The molecular formula is C18H30N2. The van der Waals surface area contributed by atoms with Crippen molar-refractivity contribution >= 4 is 5.69 Å². The minimum atomic E-state index is 0.170. The van der Waals surface area contributed by atoms with Gasteiger partial charge in [-0.1, -0.05) is 45.7 Å². The molecule has 20 heavy (non-hydrogen) atoms. The molecule has 2 N–H and O–H groups in total. The molecule has 0 bridgehead atoms. The number of likely N-dealkylation sites (N-methyl/N-ethyl adjacent to an activating group) is 1. The highest BCUT2D eigenvalue weighted by atomic mass is 15.1. The Balaban J connectivity index is 2.01. The molecule has 112 valence electrons. The molecule has 1 aromatic rings. The Morgan fingerprint density at radius 2 is 1.85 bits per heavy atom. The second kappa shape index (κ2) is 6.17. The van der Waals surface area contributed by atoms with Crippen molar-refractivity contribution in [2.45, 2.75) is 57.9 Å². The fourth-order valence-corrected chi connectivity index (χ4v) is 3.58. The molecule has 2 nitrogen and oxygen atoms in total. The Labute approximate surface area is 124 Å². The van der Waals surface area contributed by atoms with E-state index in [1.54, 1.807) is 0 Å². The summed E-state index contributed by atoms with van der Waals surface area (Å²) >= 11 is 0. The van der Waals surface area contributed by atoms with Crippen LogP contribution >= 0.6 is 0 Å². The van der Waals surface area contributed by atoms with Crippen LogP contribution in [0.15, 0.2) is 24.3 Å². The van der Waals surface area contributed by atoms with Crippen molar-refractivity contribution < 1.29 is 0 Å². The molecule has 0 heterocycles. The standard InChI is InChI=1S/C18H30N2/c1-14-6-5-7-17(12-14)20(4)13-18(2,3)15-8-10-16(19)11-9-15/h8-11,14,17H,5-7,12-13,19H2,1-4H3. The molecule has 2 rings (SSSR count). The first kappa shape index (κ1) is 15.4. The van der Waals surface area contributed by atoms with Crippen LogP contribution in [0.25, 0.3) is 0 Å². The monoisotopic (exact) mass is 274 g/mol. The normalized spacial score (nSPS) is 24.1. The van der Waals surface area contributed by atoms with Crippen LogP contribution in [-0.2, 0) is 5.41 Å². The van der Waals surface area contributed by atoms with Crippen molar-refractivity contribution in [2.75, 3.05) is 19.3 Å². The van der Waals surface area contributed by atoms with Crippen LogP contribution in [0.1, 0.15) is 52.0 Å². The molecule has 1 fully saturated rings. The number of anilines is 1. The van der Waals surface area contributed by atoms with Crippen LogP contribution in [0.3, 0.4) is 0 Å². The minimum Gasteiger partial charge on any atom is -0.399 e. The number of hydrogen-bond acceptors (Lipinski definition) is 2. The SMILES string of the molecule is CC1CCCC(N(C)CC(C)(C)c2ccc(N)cc2)C1. The van der Waals surface area contributed by atoms with E-state index in [0.29, 0.717) is 0 Å². The smallest absolute Gasteiger partial charge is 0.0314 e. The number of nitrogens with zero attached hydrogens (tertiary/aromatic N) is 1. The quantitative estimate of drug-likeness (QED) is 0.839. The summed E-state index contributed by atoms with van der Waals surface area (Å²) in [5.74, 6) is 0.885. The third kappa shape index (κ3) is 3.76. The van der Waals surface area contributed by atoms with Crippen LogP contribution in [0.2, 0.25) is 0 Å². The van der Waals surface area contributed by atoms with Crippen molar-refractivity contribution in [3.05, 3.63) is 29.8 Å². The average Bonchev–Trinajstić information content (AvgIpc) is 2.38. The molecule has 1 aromatic carbocycles. The van der Waals surface area contributed by atoms with Gasteiger partial charge in [0.05, 0.1) is 0 Å². The Bertz CT molecular complexity index is 422. The van der Waals surface area contributed by atoms with Gasteiger partial charge in [0, 0.05) is 23.7 Å². The van der Waals surface area contributed by atoms with Crippen LogP contribution in [0.5, 0.6) is 0 Å². The first-order valence-corrected chi connectivity index (χ1v) is 7.95. The maximum atomic E-state index is 5.79. The van der Waals surface area contributed by atoms with E-state index < -0.39 is 0 Å². The van der Waals surface area contributed by atoms with Gasteiger partial charge in [0.15, 0.2) is 0 Å².